The summed E-state index contributed by atoms with van der Waals surface area (Å²) >= 11 is 0. The molecular weight excluding hydrogens is 188 g/mol. The summed E-state index contributed by atoms with van der Waals surface area (Å²) in [5.74, 6) is 5.57. The molecule has 2 atom stereocenters. The van der Waals surface area contributed by atoms with E-state index in [0.29, 0.717) is 6.61 Å². The predicted molar refractivity (Wildman–Crippen MR) is 65.4 cm³/mol. The molecule has 0 aliphatic rings. The molecule has 0 rings (SSSR count). The van der Waals surface area contributed by atoms with Crippen molar-refractivity contribution in [3.8, 4) is 0 Å². The molecule has 0 radical (unpaired) electrons. The number of nitrogens with one attached hydrogen (secondary N) is 1. The minimum Gasteiger partial charge on any atom is -0.376 e. The zero-order valence-electron chi connectivity index (χ0n) is 10.9. The second kappa shape index (κ2) is 6.26. The molecule has 3 N–H and O–H groups in total. The minimum atomic E-state index is 0.0648. The summed E-state index contributed by atoms with van der Waals surface area (Å²) in [7, 11) is 0. The zero-order valence-corrected chi connectivity index (χ0v) is 10.9. The van der Waals surface area contributed by atoms with Crippen LogP contribution in [0.25, 0.3) is 0 Å². The third-order valence-corrected chi connectivity index (χ3v) is 2.23. The average Bonchev–Trinajstić information content (AvgIpc) is 2.08. The smallest absolute Gasteiger partial charge is 0.0824 e. The largest absolute Gasteiger partial charge is 0.376 e. The van der Waals surface area contributed by atoms with Gasteiger partial charge in [0.25, 0.3) is 0 Å². The molecule has 0 heterocycles. The second-order valence-electron chi connectivity index (χ2n) is 5.18. The van der Waals surface area contributed by atoms with E-state index in [9.17, 15) is 0 Å². The first kappa shape index (κ1) is 14.6. The molecular formula is C12H26N2O. The van der Waals surface area contributed by atoms with E-state index >= 15 is 0 Å². The van der Waals surface area contributed by atoms with Gasteiger partial charge >= 0.3 is 0 Å². The molecule has 0 aliphatic carbocycles. The molecule has 0 fully saturated rings. The van der Waals surface area contributed by atoms with Gasteiger partial charge in [-0.2, -0.15) is 0 Å². The van der Waals surface area contributed by atoms with Crippen LogP contribution in [0.4, 0.5) is 0 Å². The van der Waals surface area contributed by atoms with Crippen LogP contribution >= 0.6 is 0 Å². The van der Waals surface area contributed by atoms with Gasteiger partial charge in [-0.05, 0) is 26.2 Å². The van der Waals surface area contributed by atoms with Crippen LogP contribution in [-0.2, 0) is 4.74 Å². The van der Waals surface area contributed by atoms with Gasteiger partial charge in [0.05, 0.1) is 12.1 Å². The summed E-state index contributed by atoms with van der Waals surface area (Å²) in [5, 5.41) is 0. The van der Waals surface area contributed by atoms with E-state index in [1.807, 2.05) is 6.92 Å². The highest BCUT2D eigenvalue weighted by Crippen LogP contribution is 2.25. The van der Waals surface area contributed by atoms with Crippen LogP contribution in [-0.4, -0.2) is 18.8 Å². The van der Waals surface area contributed by atoms with Crippen LogP contribution in [0.2, 0.25) is 0 Å². The lowest BCUT2D eigenvalue weighted by molar-refractivity contribution is -0.0257. The first-order valence-corrected chi connectivity index (χ1v) is 5.55. The molecule has 3 nitrogen and oxygen atoms in total. The number of ether oxygens (including phenoxy) is 1. The summed E-state index contributed by atoms with van der Waals surface area (Å²) in [4.78, 5) is 0. The molecule has 90 valence electrons. The topological polar surface area (TPSA) is 47.3 Å². The number of hydrogen-bond donors (Lipinski definition) is 2. The van der Waals surface area contributed by atoms with E-state index < -0.39 is 0 Å². The summed E-state index contributed by atoms with van der Waals surface area (Å²) in [6.45, 7) is 13.3. The Morgan fingerprint density at radius 3 is 2.20 bits per heavy atom. The maximum atomic E-state index is 5.77. The summed E-state index contributed by atoms with van der Waals surface area (Å²) in [6, 6.07) is 0.0648. The molecule has 0 saturated carbocycles. The molecule has 0 aromatic carbocycles. The van der Waals surface area contributed by atoms with E-state index in [0.717, 1.165) is 0 Å². The third kappa shape index (κ3) is 5.30. The van der Waals surface area contributed by atoms with Crippen molar-refractivity contribution in [1.29, 1.82) is 0 Å². The minimum absolute atomic E-state index is 0.0648. The lowest BCUT2D eigenvalue weighted by Gasteiger charge is -2.35. The quantitative estimate of drug-likeness (QED) is 0.419. The van der Waals surface area contributed by atoms with Crippen molar-refractivity contribution in [2.24, 2.45) is 11.3 Å². The Hall–Kier alpha value is -0.380. The first-order chi connectivity index (χ1) is 6.82. The van der Waals surface area contributed by atoms with Crippen LogP contribution in [0.3, 0.4) is 0 Å². The number of allylic oxidation sites excluding steroid dienone is 1. The van der Waals surface area contributed by atoms with Crippen molar-refractivity contribution in [2.75, 3.05) is 6.61 Å². The van der Waals surface area contributed by atoms with Crippen molar-refractivity contribution in [3.05, 3.63) is 11.6 Å². The first-order valence-electron chi connectivity index (χ1n) is 5.55. The molecule has 15 heavy (non-hydrogen) atoms. The van der Waals surface area contributed by atoms with E-state index in [-0.39, 0.29) is 17.6 Å². The van der Waals surface area contributed by atoms with Crippen LogP contribution < -0.4 is 11.3 Å². The SMILES string of the molecule is CCOC(C(C=C(C)C)NN)C(C)(C)C. The van der Waals surface area contributed by atoms with Crippen LogP contribution in [0.1, 0.15) is 41.5 Å². The van der Waals surface area contributed by atoms with Crippen LogP contribution in [0, 0.1) is 5.41 Å². The lowest BCUT2D eigenvalue weighted by atomic mass is 9.84. The second-order valence-corrected chi connectivity index (χ2v) is 5.18. The van der Waals surface area contributed by atoms with Gasteiger partial charge in [0.1, 0.15) is 0 Å². The highest BCUT2D eigenvalue weighted by Gasteiger charge is 2.31. The highest BCUT2D eigenvalue weighted by molar-refractivity contribution is 5.05. The lowest BCUT2D eigenvalue weighted by Crippen LogP contribution is -2.49. The maximum absolute atomic E-state index is 5.77. The predicted octanol–water partition coefficient (Wildman–Crippen LogP) is 2.24. The highest BCUT2D eigenvalue weighted by atomic mass is 16.5. The van der Waals surface area contributed by atoms with Gasteiger partial charge in [-0.3, -0.25) is 11.3 Å². The van der Waals surface area contributed by atoms with Gasteiger partial charge in [-0.25, -0.2) is 0 Å². The number of nitrogens with two attached hydrogens (primary N) is 1. The van der Waals surface area contributed by atoms with Gasteiger partial charge in [-0.1, -0.05) is 32.4 Å². The molecule has 0 spiro atoms. The number of hydrogen-bond acceptors (Lipinski definition) is 3. The van der Waals surface area contributed by atoms with Crippen molar-refractivity contribution in [3.63, 3.8) is 0 Å². The average molecular weight is 214 g/mol. The van der Waals surface area contributed by atoms with Crippen LogP contribution in [0.5, 0.6) is 0 Å². The van der Waals surface area contributed by atoms with Gasteiger partial charge < -0.3 is 4.74 Å². The Kier molecular flexibility index (Phi) is 6.10. The van der Waals surface area contributed by atoms with Gasteiger partial charge in [0.2, 0.25) is 0 Å². The Balaban J connectivity index is 4.78. The molecule has 0 aliphatic heterocycles. The van der Waals surface area contributed by atoms with Crippen molar-refractivity contribution >= 4 is 0 Å². The maximum Gasteiger partial charge on any atom is 0.0824 e. The fraction of sp³-hybridized carbons (Fsp3) is 0.833. The Morgan fingerprint density at radius 2 is 1.93 bits per heavy atom. The van der Waals surface area contributed by atoms with Crippen molar-refractivity contribution in [1.82, 2.24) is 5.43 Å². The molecule has 0 saturated heterocycles. The molecule has 0 bridgehead atoms. The summed E-state index contributed by atoms with van der Waals surface area (Å²) in [6.07, 6.45) is 2.20. The fourth-order valence-corrected chi connectivity index (χ4v) is 1.65. The Bertz CT molecular complexity index is 202. The van der Waals surface area contributed by atoms with Crippen molar-refractivity contribution in [2.45, 2.75) is 53.7 Å². The van der Waals surface area contributed by atoms with Gasteiger partial charge in [-0.15, -0.1) is 0 Å². The monoisotopic (exact) mass is 214 g/mol. The molecule has 0 aromatic rings. The van der Waals surface area contributed by atoms with Crippen LogP contribution in [0.15, 0.2) is 11.6 Å². The zero-order chi connectivity index (χ0) is 12.1. The molecule has 2 unspecified atom stereocenters. The number of hydrazine groups is 1. The van der Waals surface area contributed by atoms with Gasteiger partial charge in [0, 0.05) is 6.61 Å². The normalized spacial score (nSPS) is 15.9. The van der Waals surface area contributed by atoms with E-state index in [2.05, 4.69) is 46.1 Å². The fourth-order valence-electron chi connectivity index (χ4n) is 1.65. The van der Waals surface area contributed by atoms with E-state index in [1.54, 1.807) is 0 Å². The van der Waals surface area contributed by atoms with Gasteiger partial charge in [0.15, 0.2) is 0 Å². The standard InChI is InChI=1S/C12H26N2O/c1-7-15-11(12(4,5)6)10(14-13)8-9(2)3/h8,10-11,14H,7,13H2,1-6H3. The molecule has 3 heteroatoms. The Morgan fingerprint density at radius 1 is 1.40 bits per heavy atom. The summed E-state index contributed by atoms with van der Waals surface area (Å²) in [5.41, 5.74) is 4.13. The van der Waals surface area contributed by atoms with E-state index in [1.165, 1.54) is 5.57 Å². The molecule has 0 aromatic heterocycles. The third-order valence-electron chi connectivity index (χ3n) is 2.23. The number of rotatable bonds is 5. The van der Waals surface area contributed by atoms with Crippen molar-refractivity contribution < 1.29 is 4.74 Å². The summed E-state index contributed by atoms with van der Waals surface area (Å²) < 4.78 is 5.77. The molecule has 0 amide bonds. The van der Waals surface area contributed by atoms with E-state index in [4.69, 9.17) is 10.6 Å². The Labute approximate surface area is 94.0 Å².